The second-order valence-electron chi connectivity index (χ2n) is 9.37. The third kappa shape index (κ3) is 10.7. The monoisotopic (exact) mass is 439 g/mol. The van der Waals surface area contributed by atoms with E-state index in [-0.39, 0.29) is 11.0 Å². The zero-order chi connectivity index (χ0) is 22.7. The Hall–Kier alpha value is -2.06. The molecule has 0 radical (unpaired) electrons. The van der Waals surface area contributed by atoms with Crippen LogP contribution in [0.25, 0.3) is 0 Å². The van der Waals surface area contributed by atoms with Gasteiger partial charge in [-0.15, -0.1) is 0 Å². The molecule has 0 fully saturated rings. The standard InChI is InChI=1S/C27H37NO2S/c1-7-28(16-10-8-9-15-26(2,3)4)19-23-12-11-13-25(18-23)29-22-27(5,6)30-20-24-14-17-31-21-24/h8,10-14,17-18,21H,7,16,19-20,22H2,1-6H3/b10-8+. The maximum Gasteiger partial charge on any atom is 0.119 e. The number of thiophene rings is 1. The number of allylic oxidation sites excluding steroid dienone is 1. The molecule has 0 unspecified atom stereocenters. The van der Waals surface area contributed by atoms with Crippen LogP contribution in [0.4, 0.5) is 0 Å². The number of hydrogen-bond acceptors (Lipinski definition) is 4. The Morgan fingerprint density at radius 3 is 2.58 bits per heavy atom. The fourth-order valence-electron chi connectivity index (χ4n) is 2.77. The van der Waals surface area contributed by atoms with Gasteiger partial charge in [0.25, 0.3) is 0 Å². The van der Waals surface area contributed by atoms with Crippen LogP contribution in [0.3, 0.4) is 0 Å². The Kier molecular flexibility index (Phi) is 9.84. The third-order valence-electron chi connectivity index (χ3n) is 4.56. The average Bonchev–Trinajstić information content (AvgIpc) is 3.23. The number of nitrogens with zero attached hydrogens (tertiary/aromatic N) is 1. The van der Waals surface area contributed by atoms with Gasteiger partial charge in [-0.3, -0.25) is 4.90 Å². The zero-order valence-corrected chi connectivity index (χ0v) is 20.7. The topological polar surface area (TPSA) is 21.7 Å². The van der Waals surface area contributed by atoms with E-state index in [0.717, 1.165) is 25.4 Å². The first-order valence-electron chi connectivity index (χ1n) is 10.9. The minimum atomic E-state index is -0.355. The SMILES string of the molecule is CCN(C/C=C/C#CC(C)(C)C)Cc1cccc(OCC(C)(C)OCc2ccsc2)c1. The Balaban J connectivity index is 1.85. The highest BCUT2D eigenvalue weighted by Crippen LogP contribution is 2.20. The number of benzene rings is 1. The highest BCUT2D eigenvalue weighted by Gasteiger charge is 2.20. The van der Waals surface area contributed by atoms with Crippen LogP contribution in [-0.4, -0.2) is 30.2 Å². The summed E-state index contributed by atoms with van der Waals surface area (Å²) in [6.45, 7) is 16.5. The van der Waals surface area contributed by atoms with Crippen LogP contribution in [-0.2, 0) is 17.9 Å². The molecule has 0 aliphatic heterocycles. The number of hydrogen-bond donors (Lipinski definition) is 0. The summed E-state index contributed by atoms with van der Waals surface area (Å²) in [5, 5.41) is 4.19. The van der Waals surface area contributed by atoms with Crippen molar-refractivity contribution in [2.45, 2.75) is 60.3 Å². The average molecular weight is 440 g/mol. The summed E-state index contributed by atoms with van der Waals surface area (Å²) in [7, 11) is 0. The maximum atomic E-state index is 6.07. The molecule has 2 aromatic rings. The van der Waals surface area contributed by atoms with E-state index in [1.54, 1.807) is 11.3 Å². The minimum Gasteiger partial charge on any atom is -0.491 e. The molecule has 31 heavy (non-hydrogen) atoms. The van der Waals surface area contributed by atoms with Crippen LogP contribution in [0.15, 0.2) is 53.2 Å². The lowest BCUT2D eigenvalue weighted by Crippen LogP contribution is -2.32. The lowest BCUT2D eigenvalue weighted by Gasteiger charge is -2.25. The van der Waals surface area contributed by atoms with Gasteiger partial charge in [-0.1, -0.05) is 37.0 Å². The maximum absolute atomic E-state index is 6.07. The molecule has 0 saturated heterocycles. The Bertz CT molecular complexity index is 867. The van der Waals surface area contributed by atoms with Crippen LogP contribution in [0.5, 0.6) is 5.75 Å². The van der Waals surface area contributed by atoms with Gasteiger partial charge in [0, 0.05) is 18.5 Å². The summed E-state index contributed by atoms with van der Waals surface area (Å²) >= 11 is 1.69. The van der Waals surface area contributed by atoms with E-state index in [0.29, 0.717) is 13.2 Å². The number of ether oxygens (including phenoxy) is 2. The highest BCUT2D eigenvalue weighted by atomic mass is 32.1. The van der Waals surface area contributed by atoms with Gasteiger partial charge in [-0.2, -0.15) is 11.3 Å². The summed E-state index contributed by atoms with van der Waals surface area (Å²) in [4.78, 5) is 2.38. The first-order valence-corrected chi connectivity index (χ1v) is 11.9. The van der Waals surface area contributed by atoms with E-state index in [4.69, 9.17) is 9.47 Å². The van der Waals surface area contributed by atoms with Gasteiger partial charge in [-0.05, 0) is 87.3 Å². The molecule has 1 aromatic carbocycles. The molecular formula is C27H37NO2S. The summed E-state index contributed by atoms with van der Waals surface area (Å²) in [6.07, 6.45) is 4.10. The lowest BCUT2D eigenvalue weighted by molar-refractivity contribution is -0.0568. The van der Waals surface area contributed by atoms with Crippen LogP contribution < -0.4 is 4.74 Å². The van der Waals surface area contributed by atoms with Gasteiger partial charge in [0.15, 0.2) is 0 Å². The molecule has 0 saturated carbocycles. The number of rotatable bonds is 11. The van der Waals surface area contributed by atoms with Crippen molar-refractivity contribution < 1.29 is 9.47 Å². The Labute approximate surface area is 193 Å². The van der Waals surface area contributed by atoms with Crippen molar-refractivity contribution in [2.75, 3.05) is 19.7 Å². The van der Waals surface area contributed by atoms with Crippen molar-refractivity contribution in [3.63, 3.8) is 0 Å². The van der Waals surface area contributed by atoms with Crippen LogP contribution >= 0.6 is 11.3 Å². The van der Waals surface area contributed by atoms with Gasteiger partial charge < -0.3 is 9.47 Å². The quantitative estimate of drug-likeness (QED) is 0.371. The molecule has 0 bridgehead atoms. The van der Waals surface area contributed by atoms with E-state index >= 15 is 0 Å². The second kappa shape index (κ2) is 12.1. The lowest BCUT2D eigenvalue weighted by atomic mass is 9.98. The number of likely N-dealkylation sites (N-methyl/N-ethyl adjacent to an activating group) is 1. The van der Waals surface area contributed by atoms with Crippen molar-refractivity contribution in [2.24, 2.45) is 5.41 Å². The van der Waals surface area contributed by atoms with Gasteiger partial charge in [-0.25, -0.2) is 0 Å². The van der Waals surface area contributed by atoms with Crippen LogP contribution in [0, 0.1) is 17.3 Å². The molecule has 2 rings (SSSR count). The van der Waals surface area contributed by atoms with E-state index in [1.807, 2.05) is 12.1 Å². The van der Waals surface area contributed by atoms with E-state index in [9.17, 15) is 0 Å². The molecule has 0 N–H and O–H groups in total. The zero-order valence-electron chi connectivity index (χ0n) is 19.9. The predicted molar refractivity (Wildman–Crippen MR) is 132 cm³/mol. The molecule has 0 aliphatic carbocycles. The molecule has 1 aromatic heterocycles. The van der Waals surface area contributed by atoms with Gasteiger partial charge in [0.1, 0.15) is 12.4 Å². The van der Waals surface area contributed by atoms with Crippen molar-refractivity contribution in [3.05, 3.63) is 64.4 Å². The van der Waals surface area contributed by atoms with Crippen molar-refractivity contribution >= 4 is 11.3 Å². The third-order valence-corrected chi connectivity index (χ3v) is 5.29. The first-order chi connectivity index (χ1) is 14.7. The van der Waals surface area contributed by atoms with Crippen molar-refractivity contribution in [1.29, 1.82) is 0 Å². The smallest absolute Gasteiger partial charge is 0.119 e. The van der Waals surface area contributed by atoms with Gasteiger partial charge >= 0.3 is 0 Å². The fraction of sp³-hybridized carbons (Fsp3) is 0.481. The first kappa shape index (κ1) is 25.2. The molecule has 168 valence electrons. The van der Waals surface area contributed by atoms with Gasteiger partial charge in [0.2, 0.25) is 0 Å². The summed E-state index contributed by atoms with van der Waals surface area (Å²) in [5.41, 5.74) is 2.13. The van der Waals surface area contributed by atoms with Gasteiger partial charge in [0.05, 0.1) is 12.2 Å². The summed E-state index contributed by atoms with van der Waals surface area (Å²) < 4.78 is 12.1. The molecule has 3 nitrogen and oxygen atoms in total. The molecule has 0 amide bonds. The summed E-state index contributed by atoms with van der Waals surface area (Å²) in [6, 6.07) is 10.4. The van der Waals surface area contributed by atoms with E-state index < -0.39 is 0 Å². The van der Waals surface area contributed by atoms with Crippen molar-refractivity contribution in [3.8, 4) is 17.6 Å². The predicted octanol–water partition coefficient (Wildman–Crippen LogP) is 6.55. The molecule has 0 atom stereocenters. The van der Waals surface area contributed by atoms with E-state index in [2.05, 4.69) is 99.4 Å². The minimum absolute atomic E-state index is 0.0404. The largest absolute Gasteiger partial charge is 0.491 e. The molecule has 0 aliphatic rings. The molecule has 4 heteroatoms. The van der Waals surface area contributed by atoms with E-state index in [1.165, 1.54) is 11.1 Å². The Morgan fingerprint density at radius 1 is 1.10 bits per heavy atom. The van der Waals surface area contributed by atoms with Crippen LogP contribution in [0.1, 0.15) is 52.7 Å². The van der Waals surface area contributed by atoms with Crippen LogP contribution in [0.2, 0.25) is 0 Å². The Morgan fingerprint density at radius 2 is 1.90 bits per heavy atom. The summed E-state index contributed by atoms with van der Waals surface area (Å²) in [5.74, 6) is 7.25. The fourth-order valence-corrected chi connectivity index (χ4v) is 3.42. The molecular weight excluding hydrogens is 402 g/mol. The normalized spacial score (nSPS) is 12.2. The second-order valence-corrected chi connectivity index (χ2v) is 10.1. The molecule has 0 spiro atoms. The highest BCUT2D eigenvalue weighted by molar-refractivity contribution is 7.07. The van der Waals surface area contributed by atoms with Crippen molar-refractivity contribution in [1.82, 2.24) is 4.90 Å². The molecule has 1 heterocycles.